The first-order valence-electron chi connectivity index (χ1n) is 7.61. The molecule has 0 aromatic heterocycles. The quantitative estimate of drug-likeness (QED) is 0.834. The number of rotatable bonds is 3. The van der Waals surface area contributed by atoms with Crippen LogP contribution < -0.4 is 5.73 Å². The molecule has 20 heavy (non-hydrogen) atoms. The van der Waals surface area contributed by atoms with Crippen LogP contribution in [-0.4, -0.2) is 60.9 Å². The lowest BCUT2D eigenvalue weighted by Gasteiger charge is -2.38. The number of halogens is 2. The van der Waals surface area contributed by atoms with Crippen LogP contribution >= 0.6 is 0 Å². The van der Waals surface area contributed by atoms with E-state index in [4.69, 9.17) is 5.73 Å². The maximum absolute atomic E-state index is 12.6. The molecular formula is C14H23F2N3O. The molecular weight excluding hydrogens is 264 g/mol. The van der Waals surface area contributed by atoms with Crippen molar-refractivity contribution in [3.8, 4) is 0 Å². The van der Waals surface area contributed by atoms with E-state index < -0.39 is 6.43 Å². The minimum Gasteiger partial charge on any atom is -0.340 e. The largest absolute Gasteiger partial charge is 0.340 e. The molecule has 4 unspecified atom stereocenters. The molecule has 3 rings (SSSR count). The highest BCUT2D eigenvalue weighted by Crippen LogP contribution is 2.48. The summed E-state index contributed by atoms with van der Waals surface area (Å²) in [7, 11) is 0. The molecule has 1 amide bonds. The van der Waals surface area contributed by atoms with Crippen LogP contribution in [0.2, 0.25) is 0 Å². The van der Waals surface area contributed by atoms with Crippen molar-refractivity contribution in [2.24, 2.45) is 23.5 Å². The lowest BCUT2D eigenvalue weighted by molar-refractivity contribution is -0.139. The topological polar surface area (TPSA) is 49.6 Å². The van der Waals surface area contributed by atoms with Crippen molar-refractivity contribution in [1.82, 2.24) is 9.80 Å². The number of piperazine rings is 1. The molecule has 2 saturated carbocycles. The van der Waals surface area contributed by atoms with Gasteiger partial charge in [0, 0.05) is 32.2 Å². The third-order valence-electron chi connectivity index (χ3n) is 5.35. The zero-order chi connectivity index (χ0) is 14.3. The fourth-order valence-corrected chi connectivity index (χ4v) is 4.26. The van der Waals surface area contributed by atoms with E-state index in [1.165, 1.54) is 0 Å². The van der Waals surface area contributed by atoms with Crippen LogP contribution in [0.1, 0.15) is 19.3 Å². The van der Waals surface area contributed by atoms with E-state index in [1.807, 2.05) is 4.90 Å². The summed E-state index contributed by atoms with van der Waals surface area (Å²) in [6.45, 7) is 2.03. The van der Waals surface area contributed by atoms with E-state index in [2.05, 4.69) is 0 Å². The van der Waals surface area contributed by atoms with Crippen molar-refractivity contribution < 1.29 is 13.6 Å². The van der Waals surface area contributed by atoms with E-state index in [-0.39, 0.29) is 24.4 Å². The Kier molecular flexibility index (Phi) is 3.95. The highest BCUT2D eigenvalue weighted by atomic mass is 19.3. The number of nitrogens with two attached hydrogens (primary N) is 1. The van der Waals surface area contributed by atoms with Gasteiger partial charge in [-0.1, -0.05) is 0 Å². The molecule has 1 aliphatic heterocycles. The Balaban J connectivity index is 1.54. The number of carbonyl (C=O) groups excluding carboxylic acids is 1. The lowest BCUT2D eigenvalue weighted by Crippen LogP contribution is -2.54. The molecule has 4 nitrogen and oxygen atoms in total. The summed E-state index contributed by atoms with van der Waals surface area (Å²) in [6, 6.07) is 0.0142. The molecule has 2 aliphatic carbocycles. The average molecular weight is 287 g/mol. The number of hydrogen-bond acceptors (Lipinski definition) is 3. The minimum atomic E-state index is -2.30. The summed E-state index contributed by atoms with van der Waals surface area (Å²) in [6.07, 6.45) is 1.09. The second-order valence-electron chi connectivity index (χ2n) is 6.45. The third kappa shape index (κ3) is 2.55. The summed E-state index contributed by atoms with van der Waals surface area (Å²) in [4.78, 5) is 16.2. The average Bonchev–Trinajstić information content (AvgIpc) is 2.99. The van der Waals surface area contributed by atoms with Gasteiger partial charge in [0.2, 0.25) is 5.91 Å². The number of nitrogens with zero attached hydrogens (tertiary/aromatic N) is 2. The summed E-state index contributed by atoms with van der Waals surface area (Å²) < 4.78 is 24.7. The number of fused-ring (bicyclic) bond motifs is 2. The monoisotopic (exact) mass is 287 g/mol. The van der Waals surface area contributed by atoms with Gasteiger partial charge in [0.1, 0.15) is 0 Å². The van der Waals surface area contributed by atoms with Gasteiger partial charge in [-0.05, 0) is 31.1 Å². The number of hydrogen-bond donors (Lipinski definition) is 1. The molecule has 0 spiro atoms. The van der Waals surface area contributed by atoms with Gasteiger partial charge < -0.3 is 10.6 Å². The molecule has 114 valence electrons. The van der Waals surface area contributed by atoms with Crippen LogP contribution in [0.25, 0.3) is 0 Å². The first-order chi connectivity index (χ1) is 9.56. The van der Waals surface area contributed by atoms with E-state index in [0.29, 0.717) is 38.0 Å². The van der Waals surface area contributed by atoms with E-state index in [0.717, 1.165) is 19.3 Å². The summed E-state index contributed by atoms with van der Waals surface area (Å²) >= 11 is 0. The Bertz CT molecular complexity index is 369. The van der Waals surface area contributed by atoms with Gasteiger partial charge in [0.15, 0.2) is 0 Å². The first-order valence-corrected chi connectivity index (χ1v) is 7.61. The van der Waals surface area contributed by atoms with Crippen molar-refractivity contribution in [2.45, 2.75) is 31.7 Å². The number of amides is 1. The van der Waals surface area contributed by atoms with Crippen LogP contribution in [-0.2, 0) is 4.79 Å². The molecule has 1 heterocycles. The highest BCUT2D eigenvalue weighted by molar-refractivity contribution is 5.80. The lowest BCUT2D eigenvalue weighted by atomic mass is 9.84. The summed E-state index contributed by atoms with van der Waals surface area (Å²) in [5.74, 6) is 1.13. The molecule has 3 aliphatic rings. The van der Waals surface area contributed by atoms with Gasteiger partial charge >= 0.3 is 0 Å². The summed E-state index contributed by atoms with van der Waals surface area (Å²) in [5, 5.41) is 0. The number of carbonyl (C=O) groups is 1. The third-order valence-corrected chi connectivity index (χ3v) is 5.35. The standard InChI is InChI=1S/C14H23F2N3O/c15-11(16)8-18-3-5-19(6-4-18)14(20)12-9-1-2-10(7-9)13(12)17/h9-13H,1-8,17H2. The molecule has 0 aromatic rings. The van der Waals surface area contributed by atoms with E-state index >= 15 is 0 Å². The summed E-state index contributed by atoms with van der Waals surface area (Å²) in [5.41, 5.74) is 6.21. The zero-order valence-corrected chi connectivity index (χ0v) is 11.7. The van der Waals surface area contributed by atoms with E-state index in [9.17, 15) is 13.6 Å². The van der Waals surface area contributed by atoms with Crippen LogP contribution in [0.15, 0.2) is 0 Å². The zero-order valence-electron chi connectivity index (χ0n) is 11.7. The molecule has 0 aromatic carbocycles. The van der Waals surface area contributed by atoms with Crippen molar-refractivity contribution >= 4 is 5.91 Å². The van der Waals surface area contributed by atoms with Gasteiger partial charge in [-0.15, -0.1) is 0 Å². The van der Waals surface area contributed by atoms with Gasteiger partial charge in [-0.2, -0.15) is 0 Å². The van der Waals surface area contributed by atoms with Crippen LogP contribution in [0.3, 0.4) is 0 Å². The highest BCUT2D eigenvalue weighted by Gasteiger charge is 2.50. The predicted octanol–water partition coefficient (Wildman–Crippen LogP) is 0.769. The normalized spacial score (nSPS) is 37.9. The maximum atomic E-state index is 12.6. The fraction of sp³-hybridized carbons (Fsp3) is 0.929. The van der Waals surface area contributed by atoms with Gasteiger partial charge in [0.05, 0.1) is 12.5 Å². The van der Waals surface area contributed by atoms with Crippen molar-refractivity contribution in [2.75, 3.05) is 32.7 Å². The van der Waals surface area contributed by atoms with Gasteiger partial charge in [-0.25, -0.2) is 8.78 Å². The fourth-order valence-electron chi connectivity index (χ4n) is 4.26. The Morgan fingerprint density at radius 1 is 1.15 bits per heavy atom. The molecule has 6 heteroatoms. The van der Waals surface area contributed by atoms with Crippen LogP contribution in [0, 0.1) is 17.8 Å². The SMILES string of the molecule is NC1C2CCC(C2)C1C(=O)N1CCN(CC(F)F)CC1. The molecule has 2 N–H and O–H groups in total. The predicted molar refractivity (Wildman–Crippen MR) is 71.3 cm³/mol. The van der Waals surface area contributed by atoms with Crippen molar-refractivity contribution in [3.63, 3.8) is 0 Å². The molecule has 3 fully saturated rings. The van der Waals surface area contributed by atoms with Crippen molar-refractivity contribution in [1.29, 1.82) is 0 Å². The number of alkyl halides is 2. The molecule has 0 radical (unpaired) electrons. The van der Waals surface area contributed by atoms with Gasteiger partial charge in [0.25, 0.3) is 6.43 Å². The van der Waals surface area contributed by atoms with Crippen LogP contribution in [0.5, 0.6) is 0 Å². The Morgan fingerprint density at radius 3 is 2.35 bits per heavy atom. The second kappa shape index (κ2) is 5.56. The minimum absolute atomic E-state index is 0.0142. The second-order valence-corrected chi connectivity index (χ2v) is 6.45. The first kappa shape index (κ1) is 14.2. The smallest absolute Gasteiger partial charge is 0.251 e. The Morgan fingerprint density at radius 2 is 1.80 bits per heavy atom. The van der Waals surface area contributed by atoms with Crippen LogP contribution in [0.4, 0.5) is 8.78 Å². The molecule has 1 saturated heterocycles. The van der Waals surface area contributed by atoms with Crippen molar-refractivity contribution in [3.05, 3.63) is 0 Å². The van der Waals surface area contributed by atoms with E-state index in [1.54, 1.807) is 4.90 Å². The van der Waals surface area contributed by atoms with Gasteiger partial charge in [-0.3, -0.25) is 9.69 Å². The molecule has 4 atom stereocenters. The Hall–Kier alpha value is -0.750. The Labute approximate surface area is 118 Å². The maximum Gasteiger partial charge on any atom is 0.251 e. The molecule has 2 bridgehead atoms.